The summed E-state index contributed by atoms with van der Waals surface area (Å²) in [6.07, 6.45) is 6.57. The number of carbonyl (C=O) groups excluding carboxylic acids is 1. The third kappa shape index (κ3) is 4.99. The molecule has 1 aromatic heterocycles. The normalized spacial score (nSPS) is 15.1. The van der Waals surface area contributed by atoms with Gasteiger partial charge in [-0.15, -0.1) is 0 Å². The minimum absolute atomic E-state index is 0.108. The third-order valence-corrected chi connectivity index (χ3v) is 7.15. The van der Waals surface area contributed by atoms with Gasteiger partial charge in [-0.3, -0.25) is 14.9 Å². The second kappa shape index (κ2) is 9.35. The molecule has 2 heterocycles. The number of nitro benzene ring substituents is 1. The SMILES string of the molecule is O=C(/C=C/c1cnn(-c2ccccc2)c1)N1CCN(S(=O)(=O)c2cccc([N+](=O)[O-])c2)CC1. The number of carbonyl (C=O) groups is 1. The largest absolute Gasteiger partial charge is 0.337 e. The van der Waals surface area contributed by atoms with Crippen LogP contribution in [-0.4, -0.2) is 64.4 Å². The fourth-order valence-electron chi connectivity index (χ4n) is 3.47. The van der Waals surface area contributed by atoms with Crippen molar-refractivity contribution in [2.24, 2.45) is 0 Å². The van der Waals surface area contributed by atoms with E-state index in [0.29, 0.717) is 0 Å². The monoisotopic (exact) mass is 467 g/mol. The summed E-state index contributed by atoms with van der Waals surface area (Å²) in [6, 6.07) is 14.6. The molecule has 1 aliphatic heterocycles. The Labute approximate surface area is 190 Å². The highest BCUT2D eigenvalue weighted by molar-refractivity contribution is 7.89. The Hall–Kier alpha value is -3.83. The van der Waals surface area contributed by atoms with Gasteiger partial charge < -0.3 is 4.90 Å². The summed E-state index contributed by atoms with van der Waals surface area (Å²) in [5.74, 6) is -0.227. The molecule has 10 nitrogen and oxygen atoms in total. The Morgan fingerprint density at radius 2 is 1.76 bits per heavy atom. The zero-order valence-electron chi connectivity index (χ0n) is 17.5. The highest BCUT2D eigenvalue weighted by atomic mass is 32.2. The number of non-ortho nitro benzene ring substituents is 1. The van der Waals surface area contributed by atoms with E-state index in [2.05, 4.69) is 5.10 Å². The fourth-order valence-corrected chi connectivity index (χ4v) is 4.94. The molecule has 0 radical (unpaired) electrons. The molecule has 1 fully saturated rings. The van der Waals surface area contributed by atoms with E-state index < -0.39 is 14.9 Å². The van der Waals surface area contributed by atoms with E-state index in [1.165, 1.54) is 28.6 Å². The third-order valence-electron chi connectivity index (χ3n) is 5.26. The Morgan fingerprint density at radius 3 is 2.45 bits per heavy atom. The van der Waals surface area contributed by atoms with Crippen molar-refractivity contribution in [2.75, 3.05) is 26.2 Å². The number of benzene rings is 2. The van der Waals surface area contributed by atoms with Crippen molar-refractivity contribution in [1.82, 2.24) is 19.0 Å². The zero-order valence-corrected chi connectivity index (χ0v) is 18.3. The van der Waals surface area contributed by atoms with E-state index in [4.69, 9.17) is 0 Å². The van der Waals surface area contributed by atoms with E-state index in [0.717, 1.165) is 17.3 Å². The first kappa shape index (κ1) is 22.4. The van der Waals surface area contributed by atoms with Gasteiger partial charge in [-0.2, -0.15) is 9.40 Å². The van der Waals surface area contributed by atoms with Crippen molar-refractivity contribution in [1.29, 1.82) is 0 Å². The molecular formula is C22H21N5O5S. The average molecular weight is 468 g/mol. The second-order valence-electron chi connectivity index (χ2n) is 7.37. The lowest BCUT2D eigenvalue weighted by Crippen LogP contribution is -2.50. The Bertz CT molecular complexity index is 1300. The van der Waals surface area contributed by atoms with Gasteiger partial charge in [0.1, 0.15) is 0 Å². The van der Waals surface area contributed by atoms with Crippen LogP contribution in [0.2, 0.25) is 0 Å². The van der Waals surface area contributed by atoms with Gasteiger partial charge in [-0.05, 0) is 24.3 Å². The first-order valence-electron chi connectivity index (χ1n) is 10.2. The van der Waals surface area contributed by atoms with Crippen LogP contribution in [-0.2, 0) is 14.8 Å². The van der Waals surface area contributed by atoms with Gasteiger partial charge in [0.2, 0.25) is 15.9 Å². The lowest BCUT2D eigenvalue weighted by molar-refractivity contribution is -0.385. The minimum Gasteiger partial charge on any atom is -0.337 e. The second-order valence-corrected chi connectivity index (χ2v) is 9.31. The van der Waals surface area contributed by atoms with Crippen LogP contribution in [0.3, 0.4) is 0 Å². The number of para-hydroxylation sites is 1. The smallest absolute Gasteiger partial charge is 0.270 e. The van der Waals surface area contributed by atoms with Crippen molar-refractivity contribution in [3.8, 4) is 5.69 Å². The molecule has 0 bridgehead atoms. The minimum atomic E-state index is -3.88. The molecule has 0 unspecified atom stereocenters. The molecule has 3 aromatic rings. The van der Waals surface area contributed by atoms with Crippen LogP contribution in [0.1, 0.15) is 5.56 Å². The van der Waals surface area contributed by atoms with Gasteiger partial charge in [0.25, 0.3) is 5.69 Å². The summed E-state index contributed by atoms with van der Waals surface area (Å²) in [4.78, 5) is 24.3. The number of aromatic nitrogens is 2. The molecular weight excluding hydrogens is 446 g/mol. The predicted octanol–water partition coefficient (Wildman–Crippen LogP) is 2.33. The van der Waals surface area contributed by atoms with Crippen LogP contribution >= 0.6 is 0 Å². The van der Waals surface area contributed by atoms with Gasteiger partial charge in [-0.25, -0.2) is 13.1 Å². The molecule has 0 saturated carbocycles. The Balaban J connectivity index is 1.37. The molecule has 170 valence electrons. The van der Waals surface area contributed by atoms with E-state index in [1.54, 1.807) is 21.9 Å². The van der Waals surface area contributed by atoms with Gasteiger partial charge in [0.15, 0.2) is 0 Å². The summed E-state index contributed by atoms with van der Waals surface area (Å²) in [5.41, 5.74) is 1.38. The molecule has 1 amide bonds. The lowest BCUT2D eigenvalue weighted by Gasteiger charge is -2.33. The molecule has 0 N–H and O–H groups in total. The first-order valence-corrected chi connectivity index (χ1v) is 11.6. The summed E-state index contributed by atoms with van der Waals surface area (Å²) in [6.45, 7) is 0.661. The maximum atomic E-state index is 12.8. The highest BCUT2D eigenvalue weighted by Gasteiger charge is 2.30. The Morgan fingerprint density at radius 1 is 1.03 bits per heavy atom. The predicted molar refractivity (Wildman–Crippen MR) is 121 cm³/mol. The molecule has 11 heteroatoms. The van der Waals surface area contributed by atoms with Crippen LogP contribution in [0.4, 0.5) is 5.69 Å². The molecule has 0 aliphatic carbocycles. The number of hydrogen-bond acceptors (Lipinski definition) is 6. The van der Waals surface area contributed by atoms with Gasteiger partial charge in [0, 0.05) is 56.1 Å². The lowest BCUT2D eigenvalue weighted by atomic mass is 10.3. The average Bonchev–Trinajstić information content (AvgIpc) is 3.32. The van der Waals surface area contributed by atoms with Crippen LogP contribution in [0.15, 0.2) is 78.0 Å². The number of amides is 1. The quantitative estimate of drug-likeness (QED) is 0.312. The van der Waals surface area contributed by atoms with Crippen LogP contribution < -0.4 is 0 Å². The molecule has 2 aromatic carbocycles. The number of sulfonamides is 1. The standard InChI is InChI=1S/C22H21N5O5S/c28-22(10-9-18-16-23-26(17-18)19-5-2-1-3-6-19)24-11-13-25(14-12-24)33(31,32)21-8-4-7-20(15-21)27(29)30/h1-10,15-17H,11-14H2/b10-9+. The van der Waals surface area contributed by atoms with Crippen molar-refractivity contribution < 1.29 is 18.1 Å². The zero-order chi connectivity index (χ0) is 23.4. The summed E-state index contributed by atoms with van der Waals surface area (Å²) in [5, 5.41) is 15.2. The fraction of sp³-hybridized carbons (Fsp3) is 0.182. The molecule has 1 aliphatic rings. The Kier molecular flexibility index (Phi) is 6.33. The molecule has 33 heavy (non-hydrogen) atoms. The topological polar surface area (TPSA) is 119 Å². The van der Waals surface area contributed by atoms with E-state index in [-0.39, 0.29) is 42.7 Å². The van der Waals surface area contributed by atoms with E-state index in [1.807, 2.05) is 36.5 Å². The number of nitrogens with zero attached hydrogens (tertiary/aromatic N) is 5. The van der Waals surface area contributed by atoms with E-state index in [9.17, 15) is 23.3 Å². The summed E-state index contributed by atoms with van der Waals surface area (Å²) < 4.78 is 28.6. The van der Waals surface area contributed by atoms with Crippen molar-refractivity contribution in [3.63, 3.8) is 0 Å². The molecule has 1 saturated heterocycles. The van der Waals surface area contributed by atoms with E-state index >= 15 is 0 Å². The summed E-state index contributed by atoms with van der Waals surface area (Å²) >= 11 is 0. The van der Waals surface area contributed by atoms with Gasteiger partial charge >= 0.3 is 0 Å². The molecule has 0 atom stereocenters. The number of rotatable bonds is 6. The van der Waals surface area contributed by atoms with Crippen LogP contribution in [0.25, 0.3) is 11.8 Å². The molecule has 4 rings (SSSR count). The van der Waals surface area contributed by atoms with Crippen molar-refractivity contribution >= 4 is 27.7 Å². The molecule has 0 spiro atoms. The van der Waals surface area contributed by atoms with Crippen molar-refractivity contribution in [3.05, 3.63) is 88.7 Å². The number of hydrogen-bond donors (Lipinski definition) is 0. The summed E-state index contributed by atoms with van der Waals surface area (Å²) in [7, 11) is -3.88. The van der Waals surface area contributed by atoms with Gasteiger partial charge in [0.05, 0.1) is 21.7 Å². The van der Waals surface area contributed by atoms with Crippen LogP contribution in [0, 0.1) is 10.1 Å². The highest BCUT2D eigenvalue weighted by Crippen LogP contribution is 2.22. The maximum absolute atomic E-state index is 12.8. The van der Waals surface area contributed by atoms with Crippen LogP contribution in [0.5, 0.6) is 0 Å². The van der Waals surface area contributed by atoms with Gasteiger partial charge in [-0.1, -0.05) is 24.3 Å². The first-order chi connectivity index (χ1) is 15.8. The number of piperazine rings is 1. The van der Waals surface area contributed by atoms with Crippen molar-refractivity contribution in [2.45, 2.75) is 4.90 Å². The maximum Gasteiger partial charge on any atom is 0.270 e. The number of nitro groups is 1.